The molecule has 33 heavy (non-hydrogen) atoms. The third kappa shape index (κ3) is 8.98. The predicted molar refractivity (Wildman–Crippen MR) is 117 cm³/mol. The zero-order valence-electron chi connectivity index (χ0n) is 17.0. The minimum Gasteiger partial charge on any atom is -0.504 e. The third-order valence-corrected chi connectivity index (χ3v) is 4.48. The van der Waals surface area contributed by atoms with Crippen molar-refractivity contribution in [1.82, 2.24) is 10.6 Å². The second-order valence-electron chi connectivity index (χ2n) is 6.56. The fourth-order valence-electron chi connectivity index (χ4n) is 2.50. The summed E-state index contributed by atoms with van der Waals surface area (Å²) in [4.78, 5) is 57.0. The van der Waals surface area contributed by atoms with Gasteiger partial charge in [-0.05, 0) is 24.6 Å². The molecule has 14 heteroatoms. The molecule has 0 saturated carbocycles. The van der Waals surface area contributed by atoms with Crippen LogP contribution in [0.5, 0.6) is 11.5 Å². The number of phenols is 2. The molecule has 2 atom stereocenters. The highest BCUT2D eigenvalue weighted by atomic mass is 32.1. The zero-order valence-corrected chi connectivity index (χ0v) is 17.9. The topological polar surface area (TPSA) is 223 Å². The van der Waals surface area contributed by atoms with Crippen LogP contribution in [0, 0.1) is 0 Å². The first-order valence-electron chi connectivity index (χ1n) is 9.31. The first kappa shape index (κ1) is 27.1. The largest absolute Gasteiger partial charge is 0.504 e. The third-order valence-electron chi connectivity index (χ3n) is 4.12. The van der Waals surface area contributed by atoms with Gasteiger partial charge in [-0.15, -0.1) is 0 Å². The molecule has 0 spiro atoms. The summed E-state index contributed by atoms with van der Waals surface area (Å²) in [5.41, 5.74) is -0.199. The highest BCUT2D eigenvalue weighted by molar-refractivity contribution is 7.80. The molecule has 180 valence electrons. The Hall–Kier alpha value is -3.94. The standard InChI is InChI=1S/C19H23N3O10S/c23-12-4-1-9(2-6-14(25)26)16(17(12)29)22-10(19(31)32)3-5-13(24)21-11(8-33)18(30)20-7-15(27)28/h1-2,4,6,10-11,22-23,29,33H,3,5,7-8H2,(H,20,30)(H,21,24)(H,25,26)(H,27,28)(H,31,32)/b6-2+/t10-,11-/m0/s1. The van der Waals surface area contributed by atoms with E-state index in [9.17, 15) is 39.3 Å². The van der Waals surface area contributed by atoms with E-state index in [2.05, 4.69) is 28.6 Å². The lowest BCUT2D eigenvalue weighted by Gasteiger charge is -2.20. The van der Waals surface area contributed by atoms with Gasteiger partial charge in [-0.25, -0.2) is 9.59 Å². The summed E-state index contributed by atoms with van der Waals surface area (Å²) in [5, 5.41) is 53.5. The average Bonchev–Trinajstić information content (AvgIpc) is 2.74. The Bertz CT molecular complexity index is 950. The fraction of sp³-hybridized carbons (Fsp3) is 0.316. The molecule has 8 N–H and O–H groups in total. The van der Waals surface area contributed by atoms with Crippen LogP contribution in [-0.2, 0) is 24.0 Å². The maximum Gasteiger partial charge on any atom is 0.328 e. The molecule has 0 aliphatic heterocycles. The number of rotatable bonds is 13. The van der Waals surface area contributed by atoms with Crippen LogP contribution in [0.2, 0.25) is 0 Å². The quantitative estimate of drug-likeness (QED) is 0.0979. The number of aliphatic carboxylic acids is 3. The van der Waals surface area contributed by atoms with E-state index in [0.717, 1.165) is 18.2 Å². The summed E-state index contributed by atoms with van der Waals surface area (Å²) >= 11 is 3.92. The van der Waals surface area contributed by atoms with Gasteiger partial charge in [0.2, 0.25) is 11.8 Å². The number of nitrogens with one attached hydrogen (secondary N) is 3. The molecule has 0 aliphatic rings. The number of carboxylic acid groups (broad SMARTS) is 3. The molecule has 0 fully saturated rings. The highest BCUT2D eigenvalue weighted by Gasteiger charge is 2.24. The number of aromatic hydroxyl groups is 2. The van der Waals surface area contributed by atoms with E-state index in [1.54, 1.807) is 0 Å². The number of anilines is 1. The van der Waals surface area contributed by atoms with E-state index in [1.807, 2.05) is 0 Å². The molecule has 0 aliphatic carbocycles. The van der Waals surface area contributed by atoms with Gasteiger partial charge in [0.15, 0.2) is 11.5 Å². The second-order valence-corrected chi connectivity index (χ2v) is 6.92. The summed E-state index contributed by atoms with van der Waals surface area (Å²) in [7, 11) is 0. The van der Waals surface area contributed by atoms with Crippen molar-refractivity contribution in [2.45, 2.75) is 24.9 Å². The molecule has 1 aromatic carbocycles. The number of amides is 2. The van der Waals surface area contributed by atoms with Gasteiger partial charge >= 0.3 is 17.9 Å². The van der Waals surface area contributed by atoms with Gasteiger partial charge in [0.1, 0.15) is 18.6 Å². The van der Waals surface area contributed by atoms with Crippen molar-refractivity contribution in [3.05, 3.63) is 23.8 Å². The lowest BCUT2D eigenvalue weighted by molar-refractivity contribution is -0.138. The van der Waals surface area contributed by atoms with E-state index in [0.29, 0.717) is 0 Å². The number of hydrogen-bond acceptors (Lipinski definition) is 9. The van der Waals surface area contributed by atoms with E-state index >= 15 is 0 Å². The van der Waals surface area contributed by atoms with Gasteiger partial charge in [0, 0.05) is 23.8 Å². The Morgan fingerprint density at radius 1 is 1.03 bits per heavy atom. The number of carboxylic acids is 3. The summed E-state index contributed by atoms with van der Waals surface area (Å²) in [6, 6.07) is -0.275. The molecule has 0 radical (unpaired) electrons. The first-order valence-corrected chi connectivity index (χ1v) is 9.94. The summed E-state index contributed by atoms with van der Waals surface area (Å²) < 4.78 is 0. The van der Waals surface area contributed by atoms with Crippen LogP contribution in [0.4, 0.5) is 5.69 Å². The number of carbonyl (C=O) groups excluding carboxylic acids is 2. The maximum atomic E-state index is 12.2. The van der Waals surface area contributed by atoms with Gasteiger partial charge in [0.25, 0.3) is 0 Å². The van der Waals surface area contributed by atoms with Crippen LogP contribution in [0.15, 0.2) is 18.2 Å². The lowest BCUT2D eigenvalue weighted by Crippen LogP contribution is -2.49. The number of phenolic OH excluding ortho intramolecular Hbond substituents is 2. The molecule has 1 aromatic rings. The number of carbonyl (C=O) groups is 5. The first-order chi connectivity index (χ1) is 15.5. The molecule has 2 amide bonds. The molecule has 0 heterocycles. The molecule has 13 nitrogen and oxygen atoms in total. The monoisotopic (exact) mass is 485 g/mol. The van der Waals surface area contributed by atoms with Gasteiger partial charge < -0.3 is 41.5 Å². The van der Waals surface area contributed by atoms with E-state index < -0.39 is 59.8 Å². The number of thiol groups is 1. The van der Waals surface area contributed by atoms with E-state index in [-0.39, 0.29) is 29.8 Å². The molecule has 0 unspecified atom stereocenters. The van der Waals surface area contributed by atoms with Crippen LogP contribution in [0.25, 0.3) is 6.08 Å². The van der Waals surface area contributed by atoms with Crippen LogP contribution < -0.4 is 16.0 Å². The lowest BCUT2D eigenvalue weighted by atomic mass is 10.1. The van der Waals surface area contributed by atoms with Crippen LogP contribution in [-0.4, -0.2) is 79.6 Å². The normalized spacial score (nSPS) is 12.5. The van der Waals surface area contributed by atoms with Crippen molar-refractivity contribution in [2.24, 2.45) is 0 Å². The van der Waals surface area contributed by atoms with Crippen molar-refractivity contribution >= 4 is 54.1 Å². The predicted octanol–water partition coefficient (Wildman–Crippen LogP) is -0.544. The van der Waals surface area contributed by atoms with E-state index in [4.69, 9.17) is 10.2 Å². The average molecular weight is 485 g/mol. The van der Waals surface area contributed by atoms with Crippen molar-refractivity contribution in [3.63, 3.8) is 0 Å². The second kappa shape index (κ2) is 12.8. The highest BCUT2D eigenvalue weighted by Crippen LogP contribution is 2.37. The van der Waals surface area contributed by atoms with Crippen LogP contribution >= 0.6 is 12.6 Å². The van der Waals surface area contributed by atoms with E-state index in [1.165, 1.54) is 6.07 Å². The molecular formula is C19H23N3O10S. The Balaban J connectivity index is 2.90. The molecule has 0 aromatic heterocycles. The fourth-order valence-corrected chi connectivity index (χ4v) is 2.76. The van der Waals surface area contributed by atoms with Gasteiger partial charge in [-0.3, -0.25) is 14.4 Å². The smallest absolute Gasteiger partial charge is 0.328 e. The van der Waals surface area contributed by atoms with Crippen molar-refractivity contribution in [1.29, 1.82) is 0 Å². The van der Waals surface area contributed by atoms with Crippen molar-refractivity contribution < 1.29 is 49.5 Å². The SMILES string of the molecule is O=C(O)/C=C/c1ccc(O)c(O)c1N[C@@H](CCC(=O)N[C@@H](CS)C(=O)NCC(=O)O)C(=O)O. The van der Waals surface area contributed by atoms with Gasteiger partial charge in [0.05, 0.1) is 5.69 Å². The van der Waals surface area contributed by atoms with Gasteiger partial charge in [-0.1, -0.05) is 0 Å². The Morgan fingerprint density at radius 2 is 1.70 bits per heavy atom. The Labute approximate surface area is 192 Å². The van der Waals surface area contributed by atoms with Gasteiger partial charge in [-0.2, -0.15) is 12.6 Å². The zero-order chi connectivity index (χ0) is 25.1. The minimum atomic E-state index is -1.45. The summed E-state index contributed by atoms with van der Waals surface area (Å²) in [6.45, 7) is -0.657. The Morgan fingerprint density at radius 3 is 2.24 bits per heavy atom. The van der Waals surface area contributed by atoms with Crippen molar-refractivity contribution in [3.8, 4) is 11.5 Å². The number of hydrogen-bond donors (Lipinski definition) is 9. The summed E-state index contributed by atoms with van der Waals surface area (Å²) in [5.74, 6) is -6.95. The molecule has 0 saturated heterocycles. The molecule has 1 rings (SSSR count). The van der Waals surface area contributed by atoms with Crippen LogP contribution in [0.3, 0.4) is 0 Å². The molecule has 0 bridgehead atoms. The van der Waals surface area contributed by atoms with Crippen LogP contribution in [0.1, 0.15) is 18.4 Å². The number of benzene rings is 1. The van der Waals surface area contributed by atoms with Crippen molar-refractivity contribution in [2.75, 3.05) is 17.6 Å². The molecular weight excluding hydrogens is 462 g/mol. The Kier molecular flexibility index (Phi) is 10.5. The maximum absolute atomic E-state index is 12.2. The minimum absolute atomic E-state index is 0.0636. The summed E-state index contributed by atoms with van der Waals surface area (Å²) in [6.07, 6.45) is 1.10.